The average Bonchev–Trinajstić information content (AvgIpc) is 2.64. The van der Waals surface area contributed by atoms with Crippen LogP contribution in [0.1, 0.15) is 13.8 Å². The van der Waals surface area contributed by atoms with Crippen LogP contribution in [0.2, 0.25) is 0 Å². The van der Waals surface area contributed by atoms with E-state index >= 15 is 0 Å². The molecule has 2 rings (SSSR count). The number of nitrogens with one attached hydrogen (secondary N) is 1. The molecule has 1 fully saturated rings. The Bertz CT molecular complexity index is 636. The number of anilines is 1. The van der Waals surface area contributed by atoms with Crippen molar-refractivity contribution in [3.63, 3.8) is 0 Å². The maximum absolute atomic E-state index is 12.7. The Morgan fingerprint density at radius 2 is 1.78 bits per heavy atom. The number of thioether (sulfide) groups is 1. The molecule has 0 saturated carbocycles. The molecule has 0 aliphatic carbocycles. The minimum Gasteiger partial charge on any atom is -0.342 e. The van der Waals surface area contributed by atoms with Gasteiger partial charge in [0.1, 0.15) is 0 Å². The van der Waals surface area contributed by atoms with Gasteiger partial charge in [0, 0.05) is 44.2 Å². The number of likely N-dealkylation sites (N-methyl/N-ethyl adjacent to an activating group) is 1. The van der Waals surface area contributed by atoms with Gasteiger partial charge in [0.25, 0.3) is 5.76 Å². The molecule has 1 aromatic rings. The Morgan fingerprint density at radius 3 is 2.37 bits per heavy atom. The molecule has 0 bridgehead atoms. The summed E-state index contributed by atoms with van der Waals surface area (Å²) >= 11 is 0.411. The maximum atomic E-state index is 12.7. The van der Waals surface area contributed by atoms with Crippen LogP contribution in [0.25, 0.3) is 0 Å². The fourth-order valence-corrected chi connectivity index (χ4v) is 3.53. The Morgan fingerprint density at radius 1 is 1.15 bits per heavy atom. The number of urea groups is 1. The number of hydrogen-bond donors (Lipinski definition) is 1. The minimum absolute atomic E-state index is 0.0934. The third-order valence-electron chi connectivity index (χ3n) is 4.48. The van der Waals surface area contributed by atoms with E-state index in [-0.39, 0.29) is 11.9 Å². The van der Waals surface area contributed by atoms with Gasteiger partial charge in [-0.2, -0.15) is 8.78 Å². The predicted molar refractivity (Wildman–Crippen MR) is 103 cm³/mol. The molecule has 0 unspecified atom stereocenters. The van der Waals surface area contributed by atoms with Gasteiger partial charge in [0.05, 0.1) is 12.2 Å². The Labute approximate surface area is 162 Å². The summed E-state index contributed by atoms with van der Waals surface area (Å²) in [5.41, 5.74) is 0.381. The first-order valence-corrected chi connectivity index (χ1v) is 9.92. The lowest BCUT2D eigenvalue weighted by atomic mass is 10.3. The number of carbonyl (C=O) groups excluding carboxylic acids is 2. The zero-order chi connectivity index (χ0) is 19.8. The molecule has 3 amide bonds. The zero-order valence-electron chi connectivity index (χ0n) is 15.7. The third-order valence-corrected chi connectivity index (χ3v) is 5.27. The quantitative estimate of drug-likeness (QED) is 0.715. The Hall–Kier alpha value is -1.87. The van der Waals surface area contributed by atoms with E-state index in [1.165, 1.54) is 0 Å². The van der Waals surface area contributed by atoms with E-state index in [2.05, 4.69) is 5.32 Å². The molecule has 1 aromatic carbocycles. The summed E-state index contributed by atoms with van der Waals surface area (Å²) in [5, 5.41) is 2.72. The first kappa shape index (κ1) is 21.4. The first-order valence-electron chi connectivity index (χ1n) is 9.04. The standard InChI is InChI=1S/C18H26F2N4O2S/c1-3-23(4-2)16(25)13-22-9-11-24(12-10-22)18(26)21-14-7-5-6-8-15(14)27-17(19)20/h5-8,17H,3-4,9-13H2,1-2H3,(H,21,26). The van der Waals surface area contributed by atoms with E-state index in [0.717, 1.165) is 0 Å². The van der Waals surface area contributed by atoms with Crippen LogP contribution in [0.4, 0.5) is 19.3 Å². The van der Waals surface area contributed by atoms with Crippen molar-refractivity contribution < 1.29 is 18.4 Å². The van der Waals surface area contributed by atoms with Crippen LogP contribution in [0.5, 0.6) is 0 Å². The number of alkyl halides is 2. The molecule has 0 spiro atoms. The van der Waals surface area contributed by atoms with E-state index in [0.29, 0.717) is 68.2 Å². The molecule has 150 valence electrons. The lowest BCUT2D eigenvalue weighted by Gasteiger charge is -2.35. The molecule has 1 saturated heterocycles. The van der Waals surface area contributed by atoms with Gasteiger partial charge in [-0.15, -0.1) is 0 Å². The van der Waals surface area contributed by atoms with E-state index in [9.17, 15) is 18.4 Å². The summed E-state index contributed by atoms with van der Waals surface area (Å²) in [5.74, 6) is -2.45. The summed E-state index contributed by atoms with van der Waals surface area (Å²) in [6.07, 6.45) is 0. The molecule has 27 heavy (non-hydrogen) atoms. The highest BCUT2D eigenvalue weighted by atomic mass is 32.2. The largest absolute Gasteiger partial charge is 0.342 e. The van der Waals surface area contributed by atoms with Crippen molar-refractivity contribution >= 4 is 29.4 Å². The second-order valence-corrected chi connectivity index (χ2v) is 7.17. The minimum atomic E-state index is -2.55. The molecule has 1 aliphatic rings. The van der Waals surface area contributed by atoms with Crippen LogP contribution < -0.4 is 5.32 Å². The van der Waals surface area contributed by atoms with Crippen molar-refractivity contribution in [2.24, 2.45) is 0 Å². The number of rotatable bonds is 7. The molecule has 0 aromatic heterocycles. The average molecular weight is 400 g/mol. The number of nitrogens with zero attached hydrogens (tertiary/aromatic N) is 3. The summed E-state index contributed by atoms with van der Waals surface area (Å²) in [7, 11) is 0. The Kier molecular flexibility index (Phi) is 8.30. The highest BCUT2D eigenvalue weighted by Gasteiger charge is 2.24. The van der Waals surface area contributed by atoms with Gasteiger partial charge in [-0.25, -0.2) is 4.79 Å². The topological polar surface area (TPSA) is 55.9 Å². The van der Waals surface area contributed by atoms with Crippen molar-refractivity contribution in [1.82, 2.24) is 14.7 Å². The van der Waals surface area contributed by atoms with Gasteiger partial charge in [-0.1, -0.05) is 23.9 Å². The van der Waals surface area contributed by atoms with Gasteiger partial charge in [-0.05, 0) is 26.0 Å². The van der Waals surface area contributed by atoms with Crippen LogP contribution in [0.3, 0.4) is 0 Å². The van der Waals surface area contributed by atoms with E-state index < -0.39 is 5.76 Å². The predicted octanol–water partition coefficient (Wildman–Crippen LogP) is 3.02. The zero-order valence-corrected chi connectivity index (χ0v) is 16.5. The molecule has 1 N–H and O–H groups in total. The monoisotopic (exact) mass is 400 g/mol. The van der Waals surface area contributed by atoms with E-state index in [4.69, 9.17) is 0 Å². The number of halogens is 2. The first-order chi connectivity index (χ1) is 12.9. The van der Waals surface area contributed by atoms with Gasteiger partial charge in [-0.3, -0.25) is 9.69 Å². The number of piperazine rings is 1. The second-order valence-electron chi connectivity index (χ2n) is 6.13. The van der Waals surface area contributed by atoms with Gasteiger partial charge >= 0.3 is 6.03 Å². The summed E-state index contributed by atoms with van der Waals surface area (Å²) < 4.78 is 25.3. The number of para-hydroxylation sites is 1. The number of hydrogen-bond acceptors (Lipinski definition) is 4. The molecular formula is C18H26F2N4O2S. The smallest absolute Gasteiger partial charge is 0.321 e. The van der Waals surface area contributed by atoms with Crippen molar-refractivity contribution in [2.45, 2.75) is 24.5 Å². The van der Waals surface area contributed by atoms with Crippen molar-refractivity contribution in [1.29, 1.82) is 0 Å². The molecule has 9 heteroatoms. The van der Waals surface area contributed by atoms with Gasteiger partial charge in [0.2, 0.25) is 5.91 Å². The van der Waals surface area contributed by atoms with Crippen molar-refractivity contribution in [3.8, 4) is 0 Å². The normalized spacial score (nSPS) is 15.1. The molecular weight excluding hydrogens is 374 g/mol. The number of amides is 3. The summed E-state index contributed by atoms with van der Waals surface area (Å²) in [6, 6.07) is 6.21. The molecule has 0 atom stereocenters. The highest BCUT2D eigenvalue weighted by molar-refractivity contribution is 7.99. The van der Waals surface area contributed by atoms with Crippen molar-refractivity contribution in [3.05, 3.63) is 24.3 Å². The maximum Gasteiger partial charge on any atom is 0.321 e. The second kappa shape index (κ2) is 10.5. The Balaban J connectivity index is 1.86. The molecule has 6 nitrogen and oxygen atoms in total. The number of benzene rings is 1. The number of carbonyl (C=O) groups is 2. The molecule has 1 heterocycles. The highest BCUT2D eigenvalue weighted by Crippen LogP contribution is 2.31. The van der Waals surface area contributed by atoms with Crippen molar-refractivity contribution in [2.75, 3.05) is 51.1 Å². The lowest BCUT2D eigenvalue weighted by molar-refractivity contribution is -0.132. The third kappa shape index (κ3) is 6.35. The van der Waals surface area contributed by atoms with Crippen LogP contribution in [0, 0.1) is 0 Å². The molecule has 0 radical (unpaired) electrons. The summed E-state index contributed by atoms with van der Waals surface area (Å²) in [6.45, 7) is 7.82. The molecule has 1 aliphatic heterocycles. The lowest BCUT2D eigenvalue weighted by Crippen LogP contribution is -2.52. The summed E-state index contributed by atoms with van der Waals surface area (Å²) in [4.78, 5) is 30.4. The SMILES string of the molecule is CCN(CC)C(=O)CN1CCN(C(=O)Nc2ccccc2SC(F)F)CC1. The van der Waals surface area contributed by atoms with E-state index in [1.54, 1.807) is 34.1 Å². The van der Waals surface area contributed by atoms with Crippen LogP contribution in [-0.2, 0) is 4.79 Å². The van der Waals surface area contributed by atoms with Gasteiger partial charge < -0.3 is 15.1 Å². The fourth-order valence-electron chi connectivity index (χ4n) is 2.94. The fraction of sp³-hybridized carbons (Fsp3) is 0.556. The van der Waals surface area contributed by atoms with E-state index in [1.807, 2.05) is 18.7 Å². The van der Waals surface area contributed by atoms with Crippen LogP contribution >= 0.6 is 11.8 Å². The van der Waals surface area contributed by atoms with Gasteiger partial charge in [0.15, 0.2) is 0 Å². The van der Waals surface area contributed by atoms with Crippen LogP contribution in [-0.4, -0.2) is 78.2 Å². The van der Waals surface area contributed by atoms with Crippen LogP contribution in [0.15, 0.2) is 29.2 Å².